The van der Waals surface area contributed by atoms with Gasteiger partial charge in [0.25, 0.3) is 0 Å². The van der Waals surface area contributed by atoms with E-state index < -0.39 is 0 Å². The van der Waals surface area contributed by atoms with Gasteiger partial charge in [0.2, 0.25) is 0 Å². The molecule has 0 spiro atoms. The first-order chi connectivity index (χ1) is 6.94. The number of aliphatic hydroxyl groups excluding tert-OH is 1. The SMILES string of the molecule is CC(C)C1C=CN(CCO)[C@@]1(C)C(C)C. The summed E-state index contributed by atoms with van der Waals surface area (Å²) >= 11 is 0. The van der Waals surface area contributed by atoms with Crippen LogP contribution in [-0.4, -0.2) is 28.7 Å². The lowest BCUT2D eigenvalue weighted by Gasteiger charge is -2.45. The molecule has 1 aliphatic heterocycles. The van der Waals surface area contributed by atoms with Gasteiger partial charge in [-0.05, 0) is 25.0 Å². The summed E-state index contributed by atoms with van der Waals surface area (Å²) in [6.45, 7) is 12.4. The van der Waals surface area contributed by atoms with E-state index in [1.54, 1.807) is 0 Å². The maximum absolute atomic E-state index is 9.09. The number of β-amino-alcohol motifs (C(OH)–C–C–N with tert-alkyl or cyclic N) is 1. The molecule has 0 amide bonds. The Bertz CT molecular complexity index is 235. The van der Waals surface area contributed by atoms with Crippen LogP contribution >= 0.6 is 0 Å². The zero-order chi connectivity index (χ0) is 11.6. The van der Waals surface area contributed by atoms with E-state index in [-0.39, 0.29) is 12.1 Å². The maximum Gasteiger partial charge on any atom is 0.0606 e. The molecule has 15 heavy (non-hydrogen) atoms. The van der Waals surface area contributed by atoms with Crippen LogP contribution in [-0.2, 0) is 0 Å². The van der Waals surface area contributed by atoms with Gasteiger partial charge in [-0.1, -0.05) is 33.8 Å². The van der Waals surface area contributed by atoms with E-state index in [0.717, 1.165) is 6.54 Å². The van der Waals surface area contributed by atoms with Gasteiger partial charge in [-0.2, -0.15) is 0 Å². The van der Waals surface area contributed by atoms with Crippen molar-refractivity contribution in [2.45, 2.75) is 40.2 Å². The van der Waals surface area contributed by atoms with Gasteiger partial charge in [0.1, 0.15) is 0 Å². The highest BCUT2D eigenvalue weighted by molar-refractivity contribution is 5.14. The Labute approximate surface area is 94.0 Å². The fourth-order valence-corrected chi connectivity index (χ4v) is 2.78. The lowest BCUT2D eigenvalue weighted by Crippen LogP contribution is -2.51. The van der Waals surface area contributed by atoms with Gasteiger partial charge in [0.15, 0.2) is 0 Å². The summed E-state index contributed by atoms with van der Waals surface area (Å²) in [6, 6.07) is 0. The molecule has 0 aromatic rings. The molecule has 1 unspecified atom stereocenters. The zero-order valence-electron chi connectivity index (χ0n) is 10.7. The van der Waals surface area contributed by atoms with Crippen molar-refractivity contribution in [3.05, 3.63) is 12.3 Å². The summed E-state index contributed by atoms with van der Waals surface area (Å²) in [7, 11) is 0. The summed E-state index contributed by atoms with van der Waals surface area (Å²) in [6.07, 6.45) is 4.47. The molecule has 0 saturated carbocycles. The molecular weight excluding hydrogens is 186 g/mol. The minimum atomic E-state index is 0.164. The van der Waals surface area contributed by atoms with Gasteiger partial charge in [-0.15, -0.1) is 0 Å². The van der Waals surface area contributed by atoms with E-state index in [9.17, 15) is 0 Å². The van der Waals surface area contributed by atoms with Crippen LogP contribution in [0.25, 0.3) is 0 Å². The van der Waals surface area contributed by atoms with Crippen LogP contribution in [0.3, 0.4) is 0 Å². The van der Waals surface area contributed by atoms with E-state index in [4.69, 9.17) is 5.11 Å². The highest BCUT2D eigenvalue weighted by atomic mass is 16.3. The fraction of sp³-hybridized carbons (Fsp3) is 0.846. The summed E-state index contributed by atoms with van der Waals surface area (Å²) in [4.78, 5) is 2.31. The molecule has 1 N–H and O–H groups in total. The molecule has 0 fully saturated rings. The predicted octanol–water partition coefficient (Wildman–Crippen LogP) is 2.49. The Morgan fingerprint density at radius 3 is 2.33 bits per heavy atom. The number of hydrogen-bond acceptors (Lipinski definition) is 2. The second kappa shape index (κ2) is 4.56. The molecule has 1 heterocycles. The minimum Gasteiger partial charge on any atom is -0.395 e. The van der Waals surface area contributed by atoms with Crippen molar-refractivity contribution in [2.24, 2.45) is 17.8 Å². The van der Waals surface area contributed by atoms with Crippen LogP contribution in [0.2, 0.25) is 0 Å². The molecule has 0 saturated heterocycles. The van der Waals surface area contributed by atoms with Crippen molar-refractivity contribution < 1.29 is 5.11 Å². The predicted molar refractivity (Wildman–Crippen MR) is 64.5 cm³/mol. The molecule has 0 aromatic carbocycles. The smallest absolute Gasteiger partial charge is 0.0606 e. The van der Waals surface area contributed by atoms with E-state index in [2.05, 4.69) is 51.8 Å². The quantitative estimate of drug-likeness (QED) is 0.772. The molecule has 0 aromatic heterocycles. The van der Waals surface area contributed by atoms with Gasteiger partial charge in [-0.25, -0.2) is 0 Å². The van der Waals surface area contributed by atoms with E-state index in [1.807, 2.05) is 0 Å². The van der Waals surface area contributed by atoms with Crippen LogP contribution in [0.15, 0.2) is 12.3 Å². The molecule has 1 aliphatic rings. The Morgan fingerprint density at radius 2 is 1.93 bits per heavy atom. The van der Waals surface area contributed by atoms with Crippen LogP contribution in [0.5, 0.6) is 0 Å². The Balaban J connectivity index is 2.91. The van der Waals surface area contributed by atoms with E-state index in [1.165, 1.54) is 0 Å². The second-order valence-corrected chi connectivity index (χ2v) is 5.41. The summed E-state index contributed by atoms with van der Waals surface area (Å²) in [5, 5.41) is 9.09. The van der Waals surface area contributed by atoms with E-state index in [0.29, 0.717) is 17.8 Å². The van der Waals surface area contributed by atoms with Crippen LogP contribution in [0.1, 0.15) is 34.6 Å². The third-order valence-electron chi connectivity index (χ3n) is 4.00. The molecule has 2 heteroatoms. The molecule has 2 nitrogen and oxygen atoms in total. The standard InChI is InChI=1S/C13H25NO/c1-10(2)12-6-7-14(8-9-15)13(12,5)11(3)4/h6-7,10-12,15H,8-9H2,1-5H3/t12?,13-/m0/s1. The van der Waals surface area contributed by atoms with Crippen LogP contribution in [0, 0.1) is 17.8 Å². The summed E-state index contributed by atoms with van der Waals surface area (Å²) in [5.74, 6) is 1.83. The number of aliphatic hydroxyl groups is 1. The first-order valence-corrected chi connectivity index (χ1v) is 6.00. The average Bonchev–Trinajstić information content (AvgIpc) is 2.46. The monoisotopic (exact) mass is 211 g/mol. The lowest BCUT2D eigenvalue weighted by molar-refractivity contribution is 0.0540. The number of rotatable bonds is 4. The highest BCUT2D eigenvalue weighted by Crippen LogP contribution is 2.42. The largest absolute Gasteiger partial charge is 0.395 e. The molecule has 0 bridgehead atoms. The van der Waals surface area contributed by atoms with E-state index >= 15 is 0 Å². The Morgan fingerprint density at radius 1 is 1.33 bits per heavy atom. The lowest BCUT2D eigenvalue weighted by atomic mass is 9.72. The highest BCUT2D eigenvalue weighted by Gasteiger charge is 2.44. The molecule has 2 atom stereocenters. The van der Waals surface area contributed by atoms with Crippen molar-refractivity contribution in [2.75, 3.05) is 13.2 Å². The minimum absolute atomic E-state index is 0.164. The van der Waals surface area contributed by atoms with Crippen molar-refractivity contribution in [3.63, 3.8) is 0 Å². The third kappa shape index (κ3) is 2.05. The molecule has 0 radical (unpaired) electrons. The number of nitrogens with zero attached hydrogens (tertiary/aromatic N) is 1. The van der Waals surface area contributed by atoms with Gasteiger partial charge in [0, 0.05) is 18.0 Å². The normalized spacial score (nSPS) is 30.9. The summed E-state index contributed by atoms with van der Waals surface area (Å²) in [5.41, 5.74) is 0.164. The van der Waals surface area contributed by atoms with Gasteiger partial charge in [-0.3, -0.25) is 0 Å². The topological polar surface area (TPSA) is 23.5 Å². The first kappa shape index (κ1) is 12.6. The maximum atomic E-state index is 9.09. The fourth-order valence-electron chi connectivity index (χ4n) is 2.78. The molecular formula is C13H25NO. The van der Waals surface area contributed by atoms with Gasteiger partial charge in [0.05, 0.1) is 6.61 Å². The Hall–Kier alpha value is -0.500. The Kier molecular flexibility index (Phi) is 3.82. The zero-order valence-corrected chi connectivity index (χ0v) is 10.7. The summed E-state index contributed by atoms with van der Waals surface area (Å²) < 4.78 is 0. The molecule has 0 aliphatic carbocycles. The van der Waals surface area contributed by atoms with Gasteiger partial charge >= 0.3 is 0 Å². The average molecular weight is 211 g/mol. The molecule has 1 rings (SSSR count). The van der Waals surface area contributed by atoms with Crippen LogP contribution < -0.4 is 0 Å². The van der Waals surface area contributed by atoms with Crippen molar-refractivity contribution >= 4 is 0 Å². The third-order valence-corrected chi connectivity index (χ3v) is 4.00. The van der Waals surface area contributed by atoms with Crippen molar-refractivity contribution in [1.82, 2.24) is 4.90 Å². The van der Waals surface area contributed by atoms with Gasteiger partial charge < -0.3 is 10.0 Å². The molecule has 88 valence electrons. The first-order valence-electron chi connectivity index (χ1n) is 6.00. The second-order valence-electron chi connectivity index (χ2n) is 5.41. The van der Waals surface area contributed by atoms with Crippen LogP contribution in [0.4, 0.5) is 0 Å². The number of hydrogen-bond donors (Lipinski definition) is 1. The van der Waals surface area contributed by atoms with Crippen molar-refractivity contribution in [3.8, 4) is 0 Å². The van der Waals surface area contributed by atoms with Crippen molar-refractivity contribution in [1.29, 1.82) is 0 Å².